The monoisotopic (exact) mass is 351 g/mol. The van der Waals surface area contributed by atoms with Crippen LogP contribution in [-0.2, 0) is 16.4 Å². The number of nitrogens with two attached hydrogens (primary N) is 3. The molecule has 0 aliphatic rings. The Labute approximate surface area is 141 Å². The highest BCUT2D eigenvalue weighted by Crippen LogP contribution is 2.35. The molecule has 0 heterocycles. The molecule has 8 N–H and O–H groups in total. The summed E-state index contributed by atoms with van der Waals surface area (Å²) in [7, 11) is -3.98. The molecule has 0 saturated carbocycles. The number of sulfonamides is 1. The minimum atomic E-state index is -3.98. The van der Waals surface area contributed by atoms with Crippen molar-refractivity contribution in [2.24, 2.45) is 10.9 Å². The molecule has 0 aliphatic carbocycles. The lowest BCUT2D eigenvalue weighted by Gasteiger charge is -2.14. The largest absolute Gasteiger partial charge is 0.454 e. The zero-order valence-electron chi connectivity index (χ0n) is 13.0. The highest BCUT2D eigenvalue weighted by atomic mass is 32.2. The van der Waals surface area contributed by atoms with Gasteiger partial charge in [-0.25, -0.2) is 13.6 Å². The lowest BCUT2D eigenvalue weighted by Crippen LogP contribution is -2.14. The smallest absolute Gasteiger partial charge is 0.241 e. The summed E-state index contributed by atoms with van der Waals surface area (Å²) in [5.74, 6) is 0.505. The van der Waals surface area contributed by atoms with Gasteiger partial charge in [0.25, 0.3) is 0 Å². The number of hydrogen-bond donors (Lipinski definition) is 3. The van der Waals surface area contributed by atoms with Crippen molar-refractivity contribution in [1.82, 2.24) is 0 Å². The van der Waals surface area contributed by atoms with Gasteiger partial charge < -0.3 is 21.7 Å². The molecule has 0 aliphatic heterocycles. The first-order valence-corrected chi connectivity index (χ1v) is 8.49. The number of hydrogen-bond acceptors (Lipinski definition) is 5. The van der Waals surface area contributed by atoms with E-state index in [4.69, 9.17) is 21.3 Å². The molecule has 0 saturated heterocycles. The fourth-order valence-corrected chi connectivity index (χ4v) is 2.78. The lowest BCUT2D eigenvalue weighted by molar-refractivity contribution is 0.470. The highest BCUT2D eigenvalue weighted by Gasteiger charge is 2.20. The molecule has 0 atom stereocenters. The molecule has 7 nitrogen and oxygen atoms in total. The molecule has 24 heavy (non-hydrogen) atoms. The maximum atomic E-state index is 11.9. The summed E-state index contributed by atoms with van der Waals surface area (Å²) in [6, 6.07) is 11.9. The van der Waals surface area contributed by atoms with Crippen molar-refractivity contribution in [2.75, 3.05) is 12.3 Å². The van der Waals surface area contributed by atoms with Crippen LogP contribution in [0.25, 0.3) is 0 Å². The molecule has 0 unspecified atom stereocenters. The molecule has 0 amide bonds. The third-order valence-electron chi connectivity index (χ3n) is 3.07. The van der Waals surface area contributed by atoms with E-state index >= 15 is 0 Å². The van der Waals surface area contributed by atoms with Gasteiger partial charge in [0.05, 0.1) is 5.69 Å². The first-order valence-electron chi connectivity index (χ1n) is 6.95. The van der Waals surface area contributed by atoms with Crippen LogP contribution in [0.4, 0.5) is 5.69 Å². The van der Waals surface area contributed by atoms with Gasteiger partial charge in [0, 0.05) is 6.54 Å². The van der Waals surface area contributed by atoms with Gasteiger partial charge in [-0.3, -0.25) is 0 Å². The van der Waals surface area contributed by atoms with E-state index in [0.717, 1.165) is 0 Å². The van der Waals surface area contributed by atoms with Crippen LogP contribution in [-0.4, -0.2) is 20.4 Å². The van der Waals surface area contributed by atoms with Crippen LogP contribution in [0.15, 0.2) is 59.5 Å². The number of ether oxygens (including phenoxy) is 1. The first-order chi connectivity index (χ1) is 10.9. The molecular weight excluding hydrogens is 330 g/mol. The Morgan fingerprint density at radius 2 is 1.75 bits per heavy atom. The van der Waals surface area contributed by atoms with Gasteiger partial charge in [-0.2, -0.15) is 0 Å². The minimum Gasteiger partial charge on any atom is -0.454 e. The van der Waals surface area contributed by atoms with Crippen molar-refractivity contribution >= 4 is 15.7 Å². The van der Waals surface area contributed by atoms with Crippen molar-refractivity contribution in [2.45, 2.75) is 11.3 Å². The van der Waals surface area contributed by atoms with E-state index in [9.17, 15) is 8.42 Å². The Morgan fingerprint density at radius 3 is 2.33 bits per heavy atom. The van der Waals surface area contributed by atoms with E-state index in [1.165, 1.54) is 6.07 Å². The number of allylic oxidation sites excluding steroid dienone is 1. The molecule has 2 aromatic rings. The van der Waals surface area contributed by atoms with Crippen LogP contribution in [0, 0.1) is 0 Å². The van der Waals surface area contributed by atoms with Gasteiger partial charge in [-0.05, 0) is 36.2 Å². The average molecular weight is 351 g/mol. The SMILES string of the molecule is NCC=CCc1cc(N)c(Oc2ccccc2)c(S(N)(=O)=O)c1.O. The number of para-hydroxylation sites is 1. The molecule has 0 radical (unpaired) electrons. The van der Waals surface area contributed by atoms with Crippen LogP contribution in [0.3, 0.4) is 0 Å². The van der Waals surface area contributed by atoms with E-state index in [0.29, 0.717) is 24.3 Å². The maximum absolute atomic E-state index is 11.9. The van der Waals surface area contributed by atoms with Crippen molar-refractivity contribution < 1.29 is 18.6 Å². The third kappa shape index (κ3) is 5.07. The molecule has 2 aromatic carbocycles. The lowest BCUT2D eigenvalue weighted by atomic mass is 10.1. The standard InChI is InChI=1S/C16H19N3O3S.H2O/c17-9-5-4-6-12-10-14(18)16(15(11-12)23(19,20)21)22-13-7-2-1-3-8-13;/h1-5,7-8,10-11H,6,9,17-18H2,(H2,19,20,21);1H2. The number of anilines is 1. The third-order valence-corrected chi connectivity index (χ3v) is 3.99. The number of benzene rings is 2. The average Bonchev–Trinajstić information content (AvgIpc) is 2.50. The van der Waals surface area contributed by atoms with Gasteiger partial charge >= 0.3 is 0 Å². The Morgan fingerprint density at radius 1 is 1.08 bits per heavy atom. The van der Waals surface area contributed by atoms with E-state index in [2.05, 4.69) is 0 Å². The molecule has 0 spiro atoms. The van der Waals surface area contributed by atoms with E-state index in [-0.39, 0.29) is 21.8 Å². The molecule has 0 fully saturated rings. The summed E-state index contributed by atoms with van der Waals surface area (Å²) in [4.78, 5) is -0.141. The first kappa shape index (κ1) is 19.7. The van der Waals surface area contributed by atoms with Crippen LogP contribution in [0.1, 0.15) is 5.56 Å². The maximum Gasteiger partial charge on any atom is 0.241 e. The van der Waals surface area contributed by atoms with Gasteiger partial charge in [-0.15, -0.1) is 0 Å². The van der Waals surface area contributed by atoms with Gasteiger partial charge in [0.15, 0.2) is 5.75 Å². The summed E-state index contributed by atoms with van der Waals surface area (Å²) >= 11 is 0. The number of rotatable bonds is 6. The molecule has 130 valence electrons. The van der Waals surface area contributed by atoms with Crippen molar-refractivity contribution in [3.05, 3.63) is 60.2 Å². The van der Waals surface area contributed by atoms with Crippen LogP contribution < -0.4 is 21.3 Å². The quantitative estimate of drug-likeness (QED) is 0.522. The van der Waals surface area contributed by atoms with Gasteiger partial charge in [0.2, 0.25) is 10.0 Å². The Kier molecular flexibility index (Phi) is 6.93. The molecule has 0 aromatic heterocycles. The normalized spacial score (nSPS) is 11.2. The zero-order chi connectivity index (χ0) is 16.9. The summed E-state index contributed by atoms with van der Waals surface area (Å²) in [6.45, 7) is 0.409. The molecular formula is C16H21N3O4S. The van der Waals surface area contributed by atoms with Gasteiger partial charge in [-0.1, -0.05) is 30.4 Å². The predicted octanol–water partition coefficient (Wildman–Crippen LogP) is 0.941. The minimum absolute atomic E-state index is 0. The van der Waals surface area contributed by atoms with Gasteiger partial charge in [0.1, 0.15) is 10.6 Å². The fraction of sp³-hybridized carbons (Fsp3) is 0.125. The predicted molar refractivity (Wildman–Crippen MR) is 94.3 cm³/mol. The highest BCUT2D eigenvalue weighted by molar-refractivity contribution is 7.89. The summed E-state index contributed by atoms with van der Waals surface area (Å²) in [5.41, 5.74) is 12.3. The van der Waals surface area contributed by atoms with Crippen LogP contribution in [0.2, 0.25) is 0 Å². The topological polar surface area (TPSA) is 153 Å². The van der Waals surface area contributed by atoms with Crippen LogP contribution >= 0.6 is 0 Å². The Hall–Kier alpha value is -2.39. The van der Waals surface area contributed by atoms with E-state index in [1.807, 2.05) is 12.1 Å². The fourth-order valence-electron chi connectivity index (χ4n) is 2.04. The summed E-state index contributed by atoms with van der Waals surface area (Å²) in [6.07, 6.45) is 4.11. The van der Waals surface area contributed by atoms with E-state index in [1.54, 1.807) is 36.4 Å². The summed E-state index contributed by atoms with van der Waals surface area (Å²) in [5, 5.41) is 5.30. The van der Waals surface area contributed by atoms with Crippen molar-refractivity contribution in [1.29, 1.82) is 0 Å². The van der Waals surface area contributed by atoms with E-state index < -0.39 is 10.0 Å². The molecule has 0 bridgehead atoms. The number of nitrogen functional groups attached to an aromatic ring is 1. The molecule has 8 heteroatoms. The summed E-state index contributed by atoms with van der Waals surface area (Å²) < 4.78 is 29.4. The second kappa shape index (κ2) is 8.46. The second-order valence-corrected chi connectivity index (χ2v) is 6.41. The molecule has 2 rings (SSSR count). The Bertz CT molecular complexity index is 806. The second-order valence-electron chi connectivity index (χ2n) is 4.88. The van der Waals surface area contributed by atoms with Crippen molar-refractivity contribution in [3.8, 4) is 11.5 Å². The van der Waals surface area contributed by atoms with Crippen LogP contribution in [0.5, 0.6) is 11.5 Å². The zero-order valence-corrected chi connectivity index (χ0v) is 13.8. The van der Waals surface area contributed by atoms with Crippen molar-refractivity contribution in [3.63, 3.8) is 0 Å². The number of primary sulfonamides is 1. The Balaban J connectivity index is 0.00000288.